The molecule has 6 heteroatoms. The predicted octanol–water partition coefficient (Wildman–Crippen LogP) is 0.126. The van der Waals surface area contributed by atoms with Crippen LogP contribution in [0.25, 0.3) is 0 Å². The largest absolute Gasteiger partial charge is 0.318 e. The van der Waals surface area contributed by atoms with Gasteiger partial charge in [0.2, 0.25) is 0 Å². The second-order valence-corrected chi connectivity index (χ2v) is 3.30. The molecule has 0 bridgehead atoms. The second-order valence-electron chi connectivity index (χ2n) is 1.47. The molecular formula is C3H8O4S2. The highest BCUT2D eigenvalue weighted by Gasteiger charge is 2.01. The lowest BCUT2D eigenvalue weighted by Gasteiger charge is -1.93. The van der Waals surface area contributed by atoms with Gasteiger partial charge in [0.25, 0.3) is 10.1 Å². The van der Waals surface area contributed by atoms with Gasteiger partial charge in [-0.25, -0.2) is 0 Å². The molecule has 0 saturated heterocycles. The normalized spacial score (nSPS) is 11.8. The molecule has 56 valence electrons. The SMILES string of the molecule is O=S(=O)(O)CCCOS. The number of hydrogen-bond acceptors (Lipinski definition) is 4. The fourth-order valence-corrected chi connectivity index (χ4v) is 0.918. The van der Waals surface area contributed by atoms with Crippen LogP contribution in [0.1, 0.15) is 6.42 Å². The molecule has 0 fully saturated rings. The summed E-state index contributed by atoms with van der Waals surface area (Å²) in [5, 5.41) is 0. The van der Waals surface area contributed by atoms with Crippen molar-refractivity contribution in [2.75, 3.05) is 12.4 Å². The first-order chi connectivity index (χ1) is 4.06. The van der Waals surface area contributed by atoms with Gasteiger partial charge < -0.3 is 4.18 Å². The summed E-state index contributed by atoms with van der Waals surface area (Å²) in [4.78, 5) is 0. The van der Waals surface area contributed by atoms with Crippen LogP contribution in [0.15, 0.2) is 0 Å². The Bertz CT molecular complexity index is 149. The molecule has 0 aliphatic heterocycles. The minimum absolute atomic E-state index is 0.225. The van der Waals surface area contributed by atoms with Crippen molar-refractivity contribution in [3.05, 3.63) is 0 Å². The van der Waals surface area contributed by atoms with Crippen LogP contribution < -0.4 is 0 Å². The number of hydrogen-bond donors (Lipinski definition) is 2. The van der Waals surface area contributed by atoms with Crippen molar-refractivity contribution in [1.29, 1.82) is 0 Å². The zero-order valence-corrected chi connectivity index (χ0v) is 6.36. The Labute approximate surface area is 59.6 Å². The second kappa shape index (κ2) is 4.10. The van der Waals surface area contributed by atoms with E-state index in [4.69, 9.17) is 4.55 Å². The van der Waals surface area contributed by atoms with Gasteiger partial charge >= 0.3 is 0 Å². The molecule has 0 heterocycles. The van der Waals surface area contributed by atoms with Gasteiger partial charge in [-0.05, 0) is 19.3 Å². The van der Waals surface area contributed by atoms with Crippen molar-refractivity contribution in [2.24, 2.45) is 0 Å². The van der Waals surface area contributed by atoms with Gasteiger partial charge in [0.1, 0.15) is 0 Å². The highest BCUT2D eigenvalue weighted by Crippen LogP contribution is 1.89. The molecule has 0 spiro atoms. The van der Waals surface area contributed by atoms with E-state index in [-0.39, 0.29) is 18.8 Å². The zero-order valence-electron chi connectivity index (χ0n) is 4.65. The van der Waals surface area contributed by atoms with E-state index in [0.717, 1.165) is 0 Å². The number of thiol groups is 1. The first-order valence-electron chi connectivity index (χ1n) is 2.28. The molecule has 0 aliphatic rings. The van der Waals surface area contributed by atoms with E-state index in [2.05, 4.69) is 17.1 Å². The van der Waals surface area contributed by atoms with Crippen molar-refractivity contribution in [3.63, 3.8) is 0 Å². The van der Waals surface area contributed by atoms with Crippen molar-refractivity contribution >= 4 is 23.0 Å². The van der Waals surface area contributed by atoms with Crippen molar-refractivity contribution in [1.82, 2.24) is 0 Å². The van der Waals surface area contributed by atoms with E-state index >= 15 is 0 Å². The summed E-state index contributed by atoms with van der Waals surface area (Å²) in [6.07, 6.45) is 0.266. The van der Waals surface area contributed by atoms with E-state index in [1.165, 1.54) is 0 Å². The molecule has 0 amide bonds. The zero-order chi connectivity index (χ0) is 7.33. The van der Waals surface area contributed by atoms with Gasteiger partial charge in [-0.2, -0.15) is 8.42 Å². The van der Waals surface area contributed by atoms with E-state index in [1.807, 2.05) is 0 Å². The van der Waals surface area contributed by atoms with Crippen molar-refractivity contribution in [3.8, 4) is 0 Å². The maximum absolute atomic E-state index is 9.98. The summed E-state index contributed by atoms with van der Waals surface area (Å²) < 4.78 is 32.4. The molecule has 0 atom stereocenters. The van der Waals surface area contributed by atoms with Crippen LogP contribution in [-0.2, 0) is 14.3 Å². The van der Waals surface area contributed by atoms with Gasteiger partial charge in [-0.1, -0.05) is 0 Å². The molecule has 0 aromatic carbocycles. The molecular weight excluding hydrogens is 164 g/mol. The Morgan fingerprint density at radius 3 is 2.44 bits per heavy atom. The third-order valence-corrected chi connectivity index (χ3v) is 1.63. The molecule has 0 aliphatic carbocycles. The quantitative estimate of drug-likeness (QED) is 0.274. The van der Waals surface area contributed by atoms with E-state index in [1.54, 1.807) is 0 Å². The van der Waals surface area contributed by atoms with Crippen LogP contribution in [0.5, 0.6) is 0 Å². The van der Waals surface area contributed by atoms with Crippen LogP contribution in [0.2, 0.25) is 0 Å². The third-order valence-electron chi connectivity index (χ3n) is 0.638. The first kappa shape index (κ1) is 9.22. The van der Waals surface area contributed by atoms with E-state index < -0.39 is 10.1 Å². The summed E-state index contributed by atoms with van der Waals surface area (Å²) in [5.41, 5.74) is 0. The fourth-order valence-electron chi connectivity index (χ4n) is 0.306. The molecule has 0 unspecified atom stereocenters. The average Bonchev–Trinajstić information content (AvgIpc) is 1.63. The van der Waals surface area contributed by atoms with Gasteiger partial charge in [-0.15, -0.1) is 0 Å². The minimum atomic E-state index is -3.81. The Morgan fingerprint density at radius 1 is 1.56 bits per heavy atom. The Kier molecular flexibility index (Phi) is 4.20. The first-order valence-corrected chi connectivity index (χ1v) is 4.25. The lowest BCUT2D eigenvalue weighted by molar-refractivity contribution is 0.377. The molecule has 0 aromatic rings. The number of rotatable bonds is 4. The summed E-state index contributed by atoms with van der Waals surface area (Å²) in [6.45, 7) is 0.225. The van der Waals surface area contributed by atoms with Crippen LogP contribution >= 0.6 is 12.9 Å². The Balaban J connectivity index is 3.30. The average molecular weight is 172 g/mol. The topological polar surface area (TPSA) is 63.6 Å². The smallest absolute Gasteiger partial charge is 0.264 e. The van der Waals surface area contributed by atoms with Crippen LogP contribution in [0.3, 0.4) is 0 Å². The third kappa shape index (κ3) is 8.22. The summed E-state index contributed by atoms with van der Waals surface area (Å²) in [7, 11) is -3.81. The molecule has 0 rings (SSSR count). The lowest BCUT2D eigenvalue weighted by atomic mass is 10.5. The van der Waals surface area contributed by atoms with Crippen LogP contribution in [0, 0.1) is 0 Å². The molecule has 0 aromatic heterocycles. The van der Waals surface area contributed by atoms with E-state index in [0.29, 0.717) is 0 Å². The van der Waals surface area contributed by atoms with Gasteiger partial charge in [-0.3, -0.25) is 4.55 Å². The molecule has 1 N–H and O–H groups in total. The maximum Gasteiger partial charge on any atom is 0.264 e. The van der Waals surface area contributed by atoms with Gasteiger partial charge in [0, 0.05) is 0 Å². The summed E-state index contributed by atoms with van der Waals surface area (Å²) in [6, 6.07) is 0. The standard InChI is InChI=1S/C3H8O4S2/c4-9(5,6)3-1-2-7-8/h8H,1-3H2,(H,4,5,6). The van der Waals surface area contributed by atoms with Gasteiger partial charge in [0.15, 0.2) is 0 Å². The van der Waals surface area contributed by atoms with Crippen LogP contribution in [0.4, 0.5) is 0 Å². The minimum Gasteiger partial charge on any atom is -0.318 e. The van der Waals surface area contributed by atoms with Crippen LogP contribution in [-0.4, -0.2) is 25.3 Å². The van der Waals surface area contributed by atoms with Crippen molar-refractivity contribution in [2.45, 2.75) is 6.42 Å². The molecule has 9 heavy (non-hydrogen) atoms. The predicted molar refractivity (Wildman–Crippen MR) is 36.0 cm³/mol. The lowest BCUT2D eigenvalue weighted by Crippen LogP contribution is -2.05. The highest BCUT2D eigenvalue weighted by molar-refractivity contribution is 7.85. The highest BCUT2D eigenvalue weighted by atomic mass is 32.2. The summed E-state index contributed by atoms with van der Waals surface area (Å²) >= 11 is 3.37. The Morgan fingerprint density at radius 2 is 2.11 bits per heavy atom. The molecule has 0 radical (unpaired) electrons. The fraction of sp³-hybridized carbons (Fsp3) is 1.00. The molecule has 0 saturated carbocycles. The molecule has 4 nitrogen and oxygen atoms in total. The monoisotopic (exact) mass is 172 g/mol. The van der Waals surface area contributed by atoms with E-state index in [9.17, 15) is 8.42 Å². The van der Waals surface area contributed by atoms with Gasteiger partial charge in [0.05, 0.1) is 12.4 Å². The summed E-state index contributed by atoms with van der Waals surface area (Å²) in [5.74, 6) is -0.270. The maximum atomic E-state index is 9.98. The Hall–Kier alpha value is 0.220. The van der Waals surface area contributed by atoms with Crippen molar-refractivity contribution < 1.29 is 17.2 Å².